The number of carbonyl (C=O) groups excluding carboxylic acids is 1. The Hall–Kier alpha value is -4.22. The summed E-state index contributed by atoms with van der Waals surface area (Å²) in [6.45, 7) is 4.49. The molecule has 2 aromatic rings. The second kappa shape index (κ2) is 14.0. The molecule has 2 bridgehead atoms. The van der Waals surface area contributed by atoms with E-state index in [0.29, 0.717) is 42.5 Å². The van der Waals surface area contributed by atoms with E-state index in [4.69, 9.17) is 14.7 Å². The normalized spacial score (nSPS) is 29.3. The van der Waals surface area contributed by atoms with Crippen molar-refractivity contribution in [2.24, 2.45) is 5.92 Å². The van der Waals surface area contributed by atoms with E-state index in [0.717, 1.165) is 56.6 Å². The minimum atomic E-state index is -0.429. The van der Waals surface area contributed by atoms with Crippen molar-refractivity contribution < 1.29 is 19.0 Å². The van der Waals surface area contributed by atoms with Crippen LogP contribution in [0.25, 0.3) is 10.9 Å². The standard InChI is InChI=1S/C41H50FN7O3/c1-46-18-7-11-31(46)25-52-40-44-38-35(16-15-34(37(38)42)36-21-32(50)20-26-8-5-6-12-33(26)36)39(45-40)48-23-29-13-14-30(24-48)49(29)41(51)43-27-17-19-47(22-27)28-9-3-2-4-10-28/h5-6,8,12-13,15-16,20-21,27-28,30-31,33,36,50H,2-4,7,9-11,14,17-19,22-25H2,1H3,(H,43,51). The van der Waals surface area contributed by atoms with E-state index < -0.39 is 11.7 Å². The zero-order valence-corrected chi connectivity index (χ0v) is 30.1. The Kier molecular flexibility index (Phi) is 9.03. The molecule has 7 aliphatic rings. The van der Waals surface area contributed by atoms with Crippen molar-refractivity contribution in [3.63, 3.8) is 0 Å². The van der Waals surface area contributed by atoms with Gasteiger partial charge in [0.25, 0.3) is 0 Å². The molecular formula is C41H50FN7O3. The van der Waals surface area contributed by atoms with Gasteiger partial charge in [0.2, 0.25) is 0 Å². The number of rotatable bonds is 7. The predicted molar refractivity (Wildman–Crippen MR) is 200 cm³/mol. The number of aliphatic hydroxyl groups is 1. The summed E-state index contributed by atoms with van der Waals surface area (Å²) >= 11 is 0. The Morgan fingerprint density at radius 3 is 2.73 bits per heavy atom. The average molecular weight is 708 g/mol. The number of allylic oxidation sites excluding steroid dienone is 7. The molecule has 5 unspecified atom stereocenters. The lowest BCUT2D eigenvalue weighted by Gasteiger charge is -2.40. The summed E-state index contributed by atoms with van der Waals surface area (Å²) in [5, 5.41) is 14.6. The number of amides is 2. The summed E-state index contributed by atoms with van der Waals surface area (Å²) in [4.78, 5) is 32.5. The number of fused-ring (bicyclic) bond motifs is 4. The van der Waals surface area contributed by atoms with Gasteiger partial charge in [-0.05, 0) is 81.5 Å². The molecule has 52 heavy (non-hydrogen) atoms. The van der Waals surface area contributed by atoms with Gasteiger partial charge in [-0.25, -0.2) is 9.18 Å². The molecule has 10 nitrogen and oxygen atoms in total. The number of anilines is 1. The maximum absolute atomic E-state index is 16.9. The summed E-state index contributed by atoms with van der Waals surface area (Å²) in [5.74, 6) is -0.169. The highest BCUT2D eigenvalue weighted by Gasteiger charge is 2.41. The van der Waals surface area contributed by atoms with Crippen molar-refractivity contribution in [2.45, 2.75) is 87.9 Å². The third kappa shape index (κ3) is 6.29. The first-order valence-electron chi connectivity index (χ1n) is 19.5. The fourth-order valence-electron chi connectivity index (χ4n) is 9.81. The number of likely N-dealkylation sites (tertiary alicyclic amines) is 2. The Bertz CT molecular complexity index is 1880. The van der Waals surface area contributed by atoms with Crippen molar-refractivity contribution in [1.82, 2.24) is 30.0 Å². The summed E-state index contributed by atoms with van der Waals surface area (Å²) < 4.78 is 23.2. The fraction of sp³-hybridized carbons (Fsp3) is 0.537. The van der Waals surface area contributed by atoms with Gasteiger partial charge in [0.05, 0.1) is 12.6 Å². The third-order valence-corrected chi connectivity index (χ3v) is 12.6. The number of urea groups is 1. The van der Waals surface area contributed by atoms with Crippen LogP contribution in [0.3, 0.4) is 0 Å². The third-order valence-electron chi connectivity index (χ3n) is 12.6. The van der Waals surface area contributed by atoms with Gasteiger partial charge in [-0.15, -0.1) is 0 Å². The number of likely N-dealkylation sites (N-methyl/N-ethyl adjacent to an activating group) is 1. The number of hydrogen-bond acceptors (Lipinski definition) is 8. The van der Waals surface area contributed by atoms with Crippen LogP contribution in [0.1, 0.15) is 69.3 Å². The molecule has 0 radical (unpaired) electrons. The SMILES string of the molecule is CN1CCCC1COc1nc(N2CC3=CCC(C2)N3C(=O)NC2CCN(C3CCCCC3)C2)c2ccc(C3C=C(O)C=C4C=CC=CC43)c(F)c2n1. The highest BCUT2D eigenvalue weighted by molar-refractivity contribution is 5.91. The summed E-state index contributed by atoms with van der Waals surface area (Å²) in [5.41, 5.74) is 2.58. The van der Waals surface area contributed by atoms with Gasteiger partial charge < -0.3 is 25.0 Å². The van der Waals surface area contributed by atoms with E-state index in [1.807, 2.05) is 35.3 Å². The van der Waals surface area contributed by atoms with E-state index in [1.54, 1.807) is 12.2 Å². The number of nitrogens with zero attached hydrogens (tertiary/aromatic N) is 6. The zero-order chi connectivity index (χ0) is 35.3. The number of benzene rings is 1. The molecule has 274 valence electrons. The number of halogens is 1. The van der Waals surface area contributed by atoms with Crippen LogP contribution in [0.4, 0.5) is 15.0 Å². The first kappa shape index (κ1) is 33.6. The number of piperazine rings is 1. The molecule has 5 atom stereocenters. The van der Waals surface area contributed by atoms with E-state index in [2.05, 4.69) is 39.2 Å². The fourth-order valence-corrected chi connectivity index (χ4v) is 9.81. The molecule has 4 fully saturated rings. The first-order valence-corrected chi connectivity index (χ1v) is 19.5. The number of aliphatic hydroxyl groups excluding tert-OH is 1. The smallest absolute Gasteiger partial charge is 0.322 e. The molecule has 11 heteroatoms. The van der Waals surface area contributed by atoms with Crippen LogP contribution < -0.4 is 15.0 Å². The minimum absolute atomic E-state index is 0.0133. The van der Waals surface area contributed by atoms with Crippen molar-refractivity contribution in [3.8, 4) is 6.01 Å². The average Bonchev–Trinajstić information content (AvgIpc) is 3.87. The number of aromatic nitrogens is 2. The predicted octanol–water partition coefficient (Wildman–Crippen LogP) is 6.34. The molecule has 9 rings (SSSR count). The van der Waals surface area contributed by atoms with E-state index in [1.165, 1.54) is 32.1 Å². The molecular weight excluding hydrogens is 657 g/mol. The van der Waals surface area contributed by atoms with E-state index in [-0.39, 0.29) is 47.4 Å². The monoisotopic (exact) mass is 707 g/mol. The van der Waals surface area contributed by atoms with Crippen LogP contribution in [0.15, 0.2) is 71.7 Å². The second-order valence-corrected chi connectivity index (χ2v) is 15.9. The van der Waals surface area contributed by atoms with Gasteiger partial charge in [0.15, 0.2) is 5.82 Å². The molecule has 1 saturated carbocycles. The van der Waals surface area contributed by atoms with Crippen LogP contribution >= 0.6 is 0 Å². The Labute approximate surface area is 305 Å². The van der Waals surface area contributed by atoms with Gasteiger partial charge in [0, 0.05) is 60.7 Å². The van der Waals surface area contributed by atoms with Crippen LogP contribution in [0.2, 0.25) is 0 Å². The quantitative estimate of drug-likeness (QED) is 0.344. The molecule has 2 amide bonds. The van der Waals surface area contributed by atoms with Crippen LogP contribution in [-0.2, 0) is 0 Å². The topological polar surface area (TPSA) is 97.3 Å². The summed E-state index contributed by atoms with van der Waals surface area (Å²) in [6.07, 6.45) is 24.0. The van der Waals surface area contributed by atoms with Crippen molar-refractivity contribution in [3.05, 3.63) is 83.1 Å². The number of carbonyl (C=O) groups is 1. The maximum Gasteiger partial charge on any atom is 0.322 e. The van der Waals surface area contributed by atoms with Crippen LogP contribution in [0.5, 0.6) is 6.01 Å². The van der Waals surface area contributed by atoms with Gasteiger partial charge in [-0.1, -0.05) is 55.7 Å². The molecule has 2 N–H and O–H groups in total. The second-order valence-electron chi connectivity index (χ2n) is 15.9. The zero-order valence-electron chi connectivity index (χ0n) is 30.1. The first-order chi connectivity index (χ1) is 25.4. The Balaban J connectivity index is 0.979. The lowest BCUT2D eigenvalue weighted by atomic mass is 9.75. The van der Waals surface area contributed by atoms with Crippen LogP contribution in [-0.4, -0.2) is 106 Å². The number of ether oxygens (including phenoxy) is 1. The van der Waals surface area contributed by atoms with Crippen molar-refractivity contribution >= 4 is 22.8 Å². The highest BCUT2D eigenvalue weighted by atomic mass is 19.1. The van der Waals surface area contributed by atoms with Gasteiger partial charge in [-0.3, -0.25) is 9.80 Å². The lowest BCUT2D eigenvalue weighted by Crippen LogP contribution is -2.55. The minimum Gasteiger partial charge on any atom is -0.508 e. The van der Waals surface area contributed by atoms with E-state index in [9.17, 15) is 9.90 Å². The number of hydrogen-bond donors (Lipinski definition) is 2. The van der Waals surface area contributed by atoms with Gasteiger partial charge >= 0.3 is 12.0 Å². The van der Waals surface area contributed by atoms with Crippen LogP contribution in [0, 0.1) is 11.7 Å². The molecule has 1 aromatic heterocycles. The largest absolute Gasteiger partial charge is 0.508 e. The molecule has 5 heterocycles. The molecule has 3 saturated heterocycles. The van der Waals surface area contributed by atoms with E-state index >= 15 is 4.39 Å². The van der Waals surface area contributed by atoms with Crippen molar-refractivity contribution in [2.75, 3.05) is 51.3 Å². The summed E-state index contributed by atoms with van der Waals surface area (Å²) in [7, 11) is 2.10. The lowest BCUT2D eigenvalue weighted by molar-refractivity contribution is 0.178. The van der Waals surface area contributed by atoms with Crippen molar-refractivity contribution in [1.29, 1.82) is 0 Å². The molecule has 1 aromatic carbocycles. The maximum atomic E-state index is 16.9. The van der Waals surface area contributed by atoms with Gasteiger partial charge in [-0.2, -0.15) is 9.97 Å². The van der Waals surface area contributed by atoms with Gasteiger partial charge in [0.1, 0.15) is 23.7 Å². The molecule has 4 aliphatic heterocycles. The molecule has 0 spiro atoms. The molecule has 3 aliphatic carbocycles. The Morgan fingerprint density at radius 1 is 1.02 bits per heavy atom. The summed E-state index contributed by atoms with van der Waals surface area (Å²) in [6, 6.07) is 4.92. The number of nitrogens with one attached hydrogen (secondary N) is 1. The highest BCUT2D eigenvalue weighted by Crippen LogP contribution is 2.43. The Morgan fingerprint density at radius 2 is 1.90 bits per heavy atom.